The van der Waals surface area contributed by atoms with Crippen LogP contribution in [0.1, 0.15) is 29.3 Å². The molecule has 17 heavy (non-hydrogen) atoms. The van der Waals surface area contributed by atoms with Crippen molar-refractivity contribution >= 4 is 17.5 Å². The summed E-state index contributed by atoms with van der Waals surface area (Å²) in [6.07, 6.45) is 0.876. The van der Waals surface area contributed by atoms with Gasteiger partial charge in [-0.1, -0.05) is 19.1 Å². The summed E-state index contributed by atoms with van der Waals surface area (Å²) >= 11 is 5.74. The van der Waals surface area contributed by atoms with Crippen LogP contribution in [0.2, 0.25) is 0 Å². The molecule has 0 heterocycles. The van der Waals surface area contributed by atoms with Gasteiger partial charge in [0.1, 0.15) is 0 Å². The Kier molecular flexibility index (Phi) is 6.01. The van der Waals surface area contributed by atoms with Crippen molar-refractivity contribution in [1.82, 2.24) is 4.90 Å². The van der Waals surface area contributed by atoms with Crippen molar-refractivity contribution in [3.63, 3.8) is 0 Å². The number of amides is 1. The van der Waals surface area contributed by atoms with Gasteiger partial charge in [-0.2, -0.15) is 0 Å². The molecular formula is C13H18ClNO2. The van der Waals surface area contributed by atoms with Crippen LogP contribution in [-0.2, 0) is 5.88 Å². The summed E-state index contributed by atoms with van der Waals surface area (Å²) in [4.78, 5) is 13.8. The number of hydrogen-bond acceptors (Lipinski definition) is 2. The fourth-order valence-electron chi connectivity index (χ4n) is 1.68. The average Bonchev–Trinajstić information content (AvgIpc) is 2.38. The van der Waals surface area contributed by atoms with Crippen molar-refractivity contribution in [3.05, 3.63) is 35.4 Å². The highest BCUT2D eigenvalue weighted by Gasteiger charge is 2.14. The Morgan fingerprint density at radius 3 is 2.76 bits per heavy atom. The number of aliphatic hydroxyl groups excluding tert-OH is 1. The number of hydrogen-bond donors (Lipinski definition) is 1. The lowest BCUT2D eigenvalue weighted by molar-refractivity contribution is 0.0722. The molecule has 0 atom stereocenters. The molecule has 1 rings (SSSR count). The molecule has 0 aromatic heterocycles. The second-order valence-electron chi connectivity index (χ2n) is 3.85. The highest BCUT2D eigenvalue weighted by Crippen LogP contribution is 2.10. The van der Waals surface area contributed by atoms with E-state index in [0.717, 1.165) is 12.0 Å². The van der Waals surface area contributed by atoms with Crippen LogP contribution in [0.5, 0.6) is 0 Å². The molecule has 0 aliphatic carbocycles. The van der Waals surface area contributed by atoms with Gasteiger partial charge in [-0.05, 0) is 24.1 Å². The molecule has 94 valence electrons. The van der Waals surface area contributed by atoms with Gasteiger partial charge in [0.2, 0.25) is 0 Å². The molecule has 0 aliphatic heterocycles. The van der Waals surface area contributed by atoms with Crippen LogP contribution in [0, 0.1) is 0 Å². The summed E-state index contributed by atoms with van der Waals surface area (Å²) in [5, 5.41) is 8.94. The maximum atomic E-state index is 12.2. The lowest BCUT2D eigenvalue weighted by atomic mass is 10.1. The number of alkyl halides is 1. The van der Waals surface area contributed by atoms with Crippen molar-refractivity contribution in [2.45, 2.75) is 19.2 Å². The minimum absolute atomic E-state index is 0.0130. The Labute approximate surface area is 107 Å². The molecule has 1 N–H and O–H groups in total. The molecule has 0 bridgehead atoms. The van der Waals surface area contributed by atoms with E-state index < -0.39 is 0 Å². The molecule has 1 aromatic rings. The third kappa shape index (κ3) is 4.02. The number of aliphatic hydroxyl groups is 1. The maximum Gasteiger partial charge on any atom is 0.253 e. The zero-order valence-electron chi connectivity index (χ0n) is 10.0. The highest BCUT2D eigenvalue weighted by atomic mass is 35.5. The van der Waals surface area contributed by atoms with Gasteiger partial charge in [-0.3, -0.25) is 4.79 Å². The van der Waals surface area contributed by atoms with Crippen LogP contribution in [0.4, 0.5) is 0 Å². The molecule has 3 nitrogen and oxygen atoms in total. The zero-order chi connectivity index (χ0) is 12.7. The van der Waals surface area contributed by atoms with E-state index >= 15 is 0 Å². The van der Waals surface area contributed by atoms with Gasteiger partial charge >= 0.3 is 0 Å². The van der Waals surface area contributed by atoms with E-state index in [-0.39, 0.29) is 12.5 Å². The van der Waals surface area contributed by atoms with Crippen LogP contribution in [0.25, 0.3) is 0 Å². The van der Waals surface area contributed by atoms with Crippen molar-refractivity contribution in [2.75, 3.05) is 19.7 Å². The van der Waals surface area contributed by atoms with E-state index in [9.17, 15) is 4.79 Å². The van der Waals surface area contributed by atoms with Crippen LogP contribution < -0.4 is 0 Å². The summed E-state index contributed by atoms with van der Waals surface area (Å²) in [7, 11) is 0. The van der Waals surface area contributed by atoms with Gasteiger partial charge in [0.25, 0.3) is 5.91 Å². The lowest BCUT2D eigenvalue weighted by Gasteiger charge is -2.21. The molecule has 0 spiro atoms. The standard InChI is InChI=1S/C13H18ClNO2/c1-2-6-15(7-8-16)13(17)12-5-3-4-11(9-12)10-14/h3-5,9,16H,2,6-8,10H2,1H3. The first-order valence-electron chi connectivity index (χ1n) is 5.78. The smallest absolute Gasteiger partial charge is 0.253 e. The molecule has 1 aromatic carbocycles. The van der Waals surface area contributed by atoms with Gasteiger partial charge in [0, 0.05) is 24.5 Å². The van der Waals surface area contributed by atoms with Crippen LogP contribution in [0.15, 0.2) is 24.3 Å². The third-order valence-corrected chi connectivity index (χ3v) is 2.79. The summed E-state index contributed by atoms with van der Waals surface area (Å²) in [6.45, 7) is 3.02. The zero-order valence-corrected chi connectivity index (χ0v) is 10.8. The summed E-state index contributed by atoms with van der Waals surface area (Å²) < 4.78 is 0. The Bertz CT molecular complexity index is 362. The van der Waals surface area contributed by atoms with Gasteiger partial charge in [-0.25, -0.2) is 0 Å². The molecule has 1 amide bonds. The fourth-order valence-corrected chi connectivity index (χ4v) is 1.84. The number of benzene rings is 1. The fraction of sp³-hybridized carbons (Fsp3) is 0.462. The largest absolute Gasteiger partial charge is 0.395 e. The van der Waals surface area contributed by atoms with Crippen molar-refractivity contribution in [1.29, 1.82) is 0 Å². The van der Waals surface area contributed by atoms with Crippen molar-refractivity contribution in [2.24, 2.45) is 0 Å². The highest BCUT2D eigenvalue weighted by molar-refractivity contribution is 6.17. The Morgan fingerprint density at radius 1 is 1.41 bits per heavy atom. The van der Waals surface area contributed by atoms with Gasteiger partial charge < -0.3 is 10.0 Å². The number of nitrogens with zero attached hydrogens (tertiary/aromatic N) is 1. The van der Waals surface area contributed by atoms with Crippen LogP contribution in [0.3, 0.4) is 0 Å². The van der Waals surface area contributed by atoms with E-state index in [1.807, 2.05) is 19.1 Å². The molecule has 0 unspecified atom stereocenters. The van der Waals surface area contributed by atoms with Crippen LogP contribution >= 0.6 is 11.6 Å². The Hall–Kier alpha value is -1.06. The molecule has 4 heteroatoms. The van der Waals surface area contributed by atoms with Crippen molar-refractivity contribution in [3.8, 4) is 0 Å². The van der Waals surface area contributed by atoms with E-state index in [2.05, 4.69) is 0 Å². The third-order valence-electron chi connectivity index (χ3n) is 2.48. The Balaban J connectivity index is 2.84. The second kappa shape index (κ2) is 7.30. The predicted molar refractivity (Wildman–Crippen MR) is 69.3 cm³/mol. The second-order valence-corrected chi connectivity index (χ2v) is 4.12. The number of carbonyl (C=O) groups excluding carboxylic acids is 1. The first kappa shape index (κ1) is 14.0. The maximum absolute atomic E-state index is 12.2. The van der Waals surface area contributed by atoms with E-state index in [4.69, 9.17) is 16.7 Å². The number of carbonyl (C=O) groups is 1. The molecule has 0 aliphatic rings. The van der Waals surface area contributed by atoms with E-state index in [1.165, 1.54) is 0 Å². The van der Waals surface area contributed by atoms with Gasteiger partial charge in [0.05, 0.1) is 6.61 Å². The quantitative estimate of drug-likeness (QED) is 0.793. The molecule has 0 saturated carbocycles. The molecule has 0 fully saturated rings. The minimum Gasteiger partial charge on any atom is -0.395 e. The monoisotopic (exact) mass is 255 g/mol. The van der Waals surface area contributed by atoms with Crippen LogP contribution in [-0.4, -0.2) is 35.6 Å². The van der Waals surface area contributed by atoms with E-state index in [0.29, 0.717) is 24.5 Å². The van der Waals surface area contributed by atoms with Crippen molar-refractivity contribution < 1.29 is 9.90 Å². The summed E-state index contributed by atoms with van der Waals surface area (Å²) in [5.41, 5.74) is 1.56. The van der Waals surface area contributed by atoms with E-state index in [1.54, 1.807) is 17.0 Å². The molecule has 0 saturated heterocycles. The lowest BCUT2D eigenvalue weighted by Crippen LogP contribution is -2.34. The minimum atomic E-state index is -0.0483. The topological polar surface area (TPSA) is 40.5 Å². The predicted octanol–water partition coefficient (Wildman–Crippen LogP) is 2.27. The first-order chi connectivity index (χ1) is 8.22. The molecular weight excluding hydrogens is 238 g/mol. The number of rotatable bonds is 6. The summed E-state index contributed by atoms with van der Waals surface area (Å²) in [5.74, 6) is 0.349. The average molecular weight is 256 g/mol. The molecule has 0 radical (unpaired) electrons. The first-order valence-corrected chi connectivity index (χ1v) is 6.31. The van der Waals surface area contributed by atoms with Gasteiger partial charge in [-0.15, -0.1) is 11.6 Å². The normalized spacial score (nSPS) is 10.3. The SMILES string of the molecule is CCCN(CCO)C(=O)c1cccc(CCl)c1. The number of halogens is 1. The van der Waals surface area contributed by atoms with Gasteiger partial charge in [0.15, 0.2) is 0 Å². The summed E-state index contributed by atoms with van der Waals surface area (Å²) in [6, 6.07) is 7.29. The Morgan fingerprint density at radius 2 is 2.18 bits per heavy atom.